The Labute approximate surface area is 166 Å². The van der Waals surface area contributed by atoms with Crippen molar-refractivity contribution in [1.29, 1.82) is 0 Å². The number of carbonyl (C=O) groups is 1. The maximum atomic E-state index is 11.9. The van der Waals surface area contributed by atoms with Crippen LogP contribution in [0, 0.1) is 6.92 Å². The highest BCUT2D eigenvalue weighted by atomic mass is 79.9. The van der Waals surface area contributed by atoms with E-state index in [1.807, 2.05) is 50.2 Å². The van der Waals surface area contributed by atoms with E-state index in [4.69, 9.17) is 4.74 Å². The third-order valence-corrected chi connectivity index (χ3v) is 4.73. The minimum atomic E-state index is -0.319. The van der Waals surface area contributed by atoms with Crippen LogP contribution in [0.4, 0.5) is 0 Å². The second-order valence-corrected chi connectivity index (χ2v) is 7.75. The maximum Gasteiger partial charge on any atom is 0.277 e. The van der Waals surface area contributed by atoms with Crippen molar-refractivity contribution in [2.75, 3.05) is 6.61 Å². The van der Waals surface area contributed by atoms with Gasteiger partial charge in [0.1, 0.15) is 5.75 Å². The van der Waals surface area contributed by atoms with Gasteiger partial charge in [0.05, 0.1) is 10.2 Å². The van der Waals surface area contributed by atoms with Gasteiger partial charge >= 0.3 is 0 Å². The molecule has 0 fully saturated rings. The minimum Gasteiger partial charge on any atom is -0.482 e. The monoisotopic (exact) mass is 516 g/mol. The number of aryl methyl sites for hydroxylation is 1. The van der Waals surface area contributed by atoms with Crippen molar-refractivity contribution >= 4 is 59.4 Å². The number of ether oxygens (including phenoxy) is 1. The summed E-state index contributed by atoms with van der Waals surface area (Å²) in [5.74, 6) is 0.322. The van der Waals surface area contributed by atoms with Gasteiger partial charge < -0.3 is 4.74 Å². The Hall–Kier alpha value is -1.18. The van der Waals surface area contributed by atoms with E-state index in [9.17, 15) is 4.79 Å². The van der Waals surface area contributed by atoms with Crippen LogP contribution < -0.4 is 10.2 Å². The van der Waals surface area contributed by atoms with Crippen LogP contribution in [0.25, 0.3) is 0 Å². The van der Waals surface area contributed by atoms with Crippen LogP contribution in [0.2, 0.25) is 0 Å². The highest BCUT2D eigenvalue weighted by molar-refractivity contribution is 9.11. The Kier molecular flexibility index (Phi) is 7.01. The fourth-order valence-electron chi connectivity index (χ4n) is 1.94. The van der Waals surface area contributed by atoms with E-state index in [0.29, 0.717) is 5.75 Å². The molecule has 0 saturated heterocycles. The number of amides is 1. The summed E-state index contributed by atoms with van der Waals surface area (Å²) in [6, 6.07) is 11.5. The first-order valence-electron chi connectivity index (χ1n) is 7.04. The van der Waals surface area contributed by atoms with Gasteiger partial charge in [0, 0.05) is 8.95 Å². The Morgan fingerprint density at radius 1 is 1.12 bits per heavy atom. The third-order valence-electron chi connectivity index (χ3n) is 3.15. The number of nitrogens with zero attached hydrogens (tertiary/aromatic N) is 1. The van der Waals surface area contributed by atoms with Crippen molar-refractivity contribution in [2.24, 2.45) is 5.10 Å². The Balaban J connectivity index is 1.94. The lowest BCUT2D eigenvalue weighted by Crippen LogP contribution is -2.25. The molecule has 0 unspecified atom stereocenters. The summed E-state index contributed by atoms with van der Waals surface area (Å²) < 4.78 is 8.31. The Morgan fingerprint density at radius 2 is 1.79 bits per heavy atom. The first kappa shape index (κ1) is 19.1. The van der Waals surface area contributed by atoms with Gasteiger partial charge in [0.25, 0.3) is 5.91 Å². The van der Waals surface area contributed by atoms with Gasteiger partial charge in [0.15, 0.2) is 6.61 Å². The second kappa shape index (κ2) is 8.78. The molecule has 126 valence electrons. The SMILES string of the molecule is CC(=NNC(=O)COc1c(C)cc(Br)cc1Br)c1ccc(Br)cc1. The lowest BCUT2D eigenvalue weighted by Gasteiger charge is -2.11. The summed E-state index contributed by atoms with van der Waals surface area (Å²) in [6.07, 6.45) is 0. The van der Waals surface area contributed by atoms with E-state index in [0.717, 1.165) is 30.3 Å². The number of rotatable bonds is 5. The van der Waals surface area contributed by atoms with Crippen LogP contribution in [0.1, 0.15) is 18.1 Å². The van der Waals surface area contributed by atoms with E-state index >= 15 is 0 Å². The molecule has 0 atom stereocenters. The largest absolute Gasteiger partial charge is 0.482 e. The first-order chi connectivity index (χ1) is 11.4. The molecule has 0 bridgehead atoms. The summed E-state index contributed by atoms with van der Waals surface area (Å²) in [5.41, 5.74) is 5.09. The fraction of sp³-hybridized carbons (Fsp3) is 0.176. The third kappa shape index (κ3) is 5.43. The zero-order valence-electron chi connectivity index (χ0n) is 13.1. The van der Waals surface area contributed by atoms with Gasteiger partial charge in [-0.1, -0.05) is 44.0 Å². The molecule has 2 rings (SSSR count). The molecule has 0 heterocycles. The molecule has 1 amide bonds. The van der Waals surface area contributed by atoms with Crippen LogP contribution in [-0.2, 0) is 4.79 Å². The second-order valence-electron chi connectivity index (χ2n) is 5.06. The molecule has 0 aliphatic rings. The number of nitrogens with one attached hydrogen (secondary N) is 1. The maximum absolute atomic E-state index is 11.9. The lowest BCUT2D eigenvalue weighted by atomic mass is 10.1. The number of hydrogen-bond acceptors (Lipinski definition) is 3. The van der Waals surface area contributed by atoms with Crippen molar-refractivity contribution < 1.29 is 9.53 Å². The van der Waals surface area contributed by atoms with Crippen LogP contribution in [0.3, 0.4) is 0 Å². The van der Waals surface area contributed by atoms with Crippen molar-refractivity contribution in [1.82, 2.24) is 5.43 Å². The molecule has 0 aromatic heterocycles. The van der Waals surface area contributed by atoms with E-state index < -0.39 is 0 Å². The molecule has 2 aromatic rings. The highest BCUT2D eigenvalue weighted by Crippen LogP contribution is 2.32. The van der Waals surface area contributed by atoms with Crippen molar-refractivity contribution in [2.45, 2.75) is 13.8 Å². The molecule has 24 heavy (non-hydrogen) atoms. The van der Waals surface area contributed by atoms with Gasteiger partial charge in [-0.05, 0) is 65.2 Å². The van der Waals surface area contributed by atoms with Gasteiger partial charge in [-0.3, -0.25) is 4.79 Å². The number of hydrogen-bond donors (Lipinski definition) is 1. The first-order valence-corrected chi connectivity index (χ1v) is 9.42. The molecule has 2 aromatic carbocycles. The molecule has 4 nitrogen and oxygen atoms in total. The van der Waals surface area contributed by atoms with Gasteiger partial charge in [-0.25, -0.2) is 5.43 Å². The summed E-state index contributed by atoms with van der Waals surface area (Å²) in [6.45, 7) is 3.64. The molecular formula is C17H15Br3N2O2. The quantitative estimate of drug-likeness (QED) is 0.437. The van der Waals surface area contributed by atoms with E-state index in [1.165, 1.54) is 0 Å². The normalized spacial score (nSPS) is 11.3. The summed E-state index contributed by atoms with van der Waals surface area (Å²) in [5, 5.41) is 4.10. The molecule has 0 aliphatic heterocycles. The van der Waals surface area contributed by atoms with Crippen molar-refractivity contribution in [3.05, 3.63) is 60.9 Å². The molecule has 7 heteroatoms. The van der Waals surface area contributed by atoms with E-state index in [1.54, 1.807) is 0 Å². The van der Waals surface area contributed by atoms with Crippen molar-refractivity contribution in [3.63, 3.8) is 0 Å². The summed E-state index contributed by atoms with van der Waals surface area (Å²) in [7, 11) is 0. The summed E-state index contributed by atoms with van der Waals surface area (Å²) >= 11 is 10.2. The Morgan fingerprint density at radius 3 is 2.42 bits per heavy atom. The predicted octanol–water partition coefficient (Wildman–Crippen LogP) is 5.20. The fourth-order valence-corrected chi connectivity index (χ4v) is 3.76. The van der Waals surface area contributed by atoms with Gasteiger partial charge in [-0.2, -0.15) is 5.10 Å². The lowest BCUT2D eigenvalue weighted by molar-refractivity contribution is -0.123. The zero-order chi connectivity index (χ0) is 17.7. The van der Waals surface area contributed by atoms with Gasteiger partial charge in [-0.15, -0.1) is 0 Å². The number of halogens is 3. The molecule has 0 aliphatic carbocycles. The number of hydrazone groups is 1. The standard InChI is InChI=1S/C17H15Br3N2O2/c1-10-7-14(19)8-15(20)17(10)24-9-16(23)22-21-11(2)12-3-5-13(18)6-4-12/h3-8H,9H2,1-2H3,(H,22,23). The Bertz CT molecular complexity index is 751. The molecule has 0 saturated carbocycles. The van der Waals surface area contributed by atoms with Crippen molar-refractivity contribution in [3.8, 4) is 5.75 Å². The van der Waals surface area contributed by atoms with Crippen LogP contribution in [0.5, 0.6) is 5.75 Å². The number of carbonyl (C=O) groups excluding carboxylic acids is 1. The average Bonchev–Trinajstić information content (AvgIpc) is 2.52. The van der Waals surface area contributed by atoms with Crippen LogP contribution in [0.15, 0.2) is 54.9 Å². The van der Waals surface area contributed by atoms with Gasteiger partial charge in [0.2, 0.25) is 0 Å². The molecule has 0 radical (unpaired) electrons. The molecule has 1 N–H and O–H groups in total. The van der Waals surface area contributed by atoms with Crippen LogP contribution in [-0.4, -0.2) is 18.2 Å². The average molecular weight is 519 g/mol. The van der Waals surface area contributed by atoms with E-state index in [2.05, 4.69) is 58.3 Å². The topological polar surface area (TPSA) is 50.7 Å². The highest BCUT2D eigenvalue weighted by Gasteiger charge is 2.09. The zero-order valence-corrected chi connectivity index (χ0v) is 17.8. The molecule has 0 spiro atoms. The number of benzene rings is 2. The van der Waals surface area contributed by atoms with Crippen LogP contribution >= 0.6 is 47.8 Å². The molecular weight excluding hydrogens is 504 g/mol. The summed E-state index contributed by atoms with van der Waals surface area (Å²) in [4.78, 5) is 11.9. The van der Waals surface area contributed by atoms with E-state index in [-0.39, 0.29) is 12.5 Å². The smallest absolute Gasteiger partial charge is 0.277 e. The minimum absolute atomic E-state index is 0.113. The predicted molar refractivity (Wildman–Crippen MR) is 107 cm³/mol.